The number of hydrogen-bond acceptors (Lipinski definition) is 5. The van der Waals surface area contributed by atoms with Crippen molar-refractivity contribution in [2.45, 2.75) is 26.7 Å². The first kappa shape index (κ1) is 20.9. The molecule has 1 aromatic carbocycles. The molecule has 0 aromatic heterocycles. The first-order valence-electron chi connectivity index (χ1n) is 9.21. The van der Waals surface area contributed by atoms with Crippen LogP contribution in [0.25, 0.3) is 6.08 Å². The molecule has 1 saturated heterocycles. The van der Waals surface area contributed by atoms with E-state index in [2.05, 4.69) is 5.32 Å². The second kappa shape index (κ2) is 10.7. The fraction of sp³-hybridized carbons (Fsp3) is 0.450. The summed E-state index contributed by atoms with van der Waals surface area (Å²) < 4.78 is 10.4. The average Bonchev–Trinajstić information content (AvgIpc) is 2.68. The third kappa shape index (κ3) is 6.67. The zero-order chi connectivity index (χ0) is 19.6. The number of carbonyl (C=O) groups excluding carboxylic acids is 2. The molecule has 2 rings (SSSR count). The molecule has 7 heteroatoms. The highest BCUT2D eigenvalue weighted by atomic mass is 32.1. The van der Waals surface area contributed by atoms with Gasteiger partial charge in [0.15, 0.2) is 5.11 Å². The lowest BCUT2D eigenvalue weighted by atomic mass is 9.97. The molecule has 1 aliphatic heterocycles. The summed E-state index contributed by atoms with van der Waals surface area (Å²) in [5.41, 5.74) is 0.898. The van der Waals surface area contributed by atoms with E-state index in [0.29, 0.717) is 44.3 Å². The molecule has 146 valence electrons. The van der Waals surface area contributed by atoms with E-state index in [1.165, 1.54) is 6.08 Å². The zero-order valence-corrected chi connectivity index (χ0v) is 16.6. The van der Waals surface area contributed by atoms with Gasteiger partial charge in [-0.25, -0.2) is 0 Å². The Morgan fingerprint density at radius 2 is 1.85 bits per heavy atom. The number of nitrogens with one attached hydrogen (secondary N) is 1. The molecule has 1 heterocycles. The Hall–Kier alpha value is -2.41. The van der Waals surface area contributed by atoms with Gasteiger partial charge in [0.25, 0.3) is 0 Å². The molecule has 0 radical (unpaired) electrons. The first-order chi connectivity index (χ1) is 13.0. The van der Waals surface area contributed by atoms with E-state index >= 15 is 0 Å². The van der Waals surface area contributed by atoms with Gasteiger partial charge >= 0.3 is 5.97 Å². The van der Waals surface area contributed by atoms with Gasteiger partial charge in [0.1, 0.15) is 5.75 Å². The quantitative estimate of drug-likeness (QED) is 0.458. The number of piperidine rings is 1. The monoisotopic (exact) mass is 390 g/mol. The van der Waals surface area contributed by atoms with Crippen LogP contribution in [0.2, 0.25) is 0 Å². The van der Waals surface area contributed by atoms with Crippen LogP contribution in [-0.4, -0.2) is 48.2 Å². The van der Waals surface area contributed by atoms with Crippen LogP contribution < -0.4 is 10.1 Å². The largest absolute Gasteiger partial charge is 0.494 e. The van der Waals surface area contributed by atoms with Crippen LogP contribution in [-0.2, 0) is 14.3 Å². The molecule has 0 bridgehead atoms. The minimum Gasteiger partial charge on any atom is -0.494 e. The highest BCUT2D eigenvalue weighted by Crippen LogP contribution is 2.18. The van der Waals surface area contributed by atoms with Crippen LogP contribution in [0.4, 0.5) is 0 Å². The minimum atomic E-state index is -0.276. The number of esters is 1. The van der Waals surface area contributed by atoms with Crippen molar-refractivity contribution in [1.29, 1.82) is 0 Å². The number of rotatable bonds is 6. The molecule has 0 saturated carbocycles. The van der Waals surface area contributed by atoms with Crippen LogP contribution in [0.15, 0.2) is 30.3 Å². The fourth-order valence-electron chi connectivity index (χ4n) is 2.82. The number of likely N-dealkylation sites (tertiary alicyclic amines) is 1. The number of hydrogen-bond donors (Lipinski definition) is 1. The van der Waals surface area contributed by atoms with E-state index < -0.39 is 0 Å². The molecule has 1 amide bonds. The normalized spacial score (nSPS) is 14.8. The van der Waals surface area contributed by atoms with Gasteiger partial charge in [0.2, 0.25) is 5.91 Å². The highest BCUT2D eigenvalue weighted by Gasteiger charge is 2.27. The maximum atomic E-state index is 12.1. The van der Waals surface area contributed by atoms with Crippen molar-refractivity contribution in [1.82, 2.24) is 10.2 Å². The summed E-state index contributed by atoms with van der Waals surface area (Å²) in [7, 11) is 0. The molecule has 0 aliphatic carbocycles. The van der Waals surface area contributed by atoms with Crippen LogP contribution in [0, 0.1) is 5.92 Å². The molecule has 0 spiro atoms. The Balaban J connectivity index is 1.78. The third-order valence-corrected chi connectivity index (χ3v) is 4.61. The highest BCUT2D eigenvalue weighted by molar-refractivity contribution is 7.80. The number of amides is 1. The molecule has 1 aliphatic rings. The molecule has 1 N–H and O–H groups in total. The first-order valence-corrected chi connectivity index (χ1v) is 9.61. The van der Waals surface area contributed by atoms with Crippen molar-refractivity contribution in [3.05, 3.63) is 35.9 Å². The van der Waals surface area contributed by atoms with Crippen LogP contribution in [0.5, 0.6) is 5.75 Å². The predicted molar refractivity (Wildman–Crippen MR) is 108 cm³/mol. The summed E-state index contributed by atoms with van der Waals surface area (Å²) in [5, 5.41) is 3.10. The SMILES string of the molecule is CCOC(=O)C1CCN(C(=S)NC(=O)/C=C/c2ccc(OCC)cc2)CC1. The molecular weight excluding hydrogens is 364 g/mol. The number of benzene rings is 1. The van der Waals surface area contributed by atoms with E-state index in [1.54, 1.807) is 13.0 Å². The lowest BCUT2D eigenvalue weighted by molar-refractivity contribution is -0.149. The Kier molecular flexibility index (Phi) is 8.26. The van der Waals surface area contributed by atoms with Gasteiger partial charge in [-0.1, -0.05) is 12.1 Å². The molecule has 1 aromatic rings. The van der Waals surface area contributed by atoms with Crippen LogP contribution in [0.1, 0.15) is 32.3 Å². The maximum Gasteiger partial charge on any atom is 0.309 e. The van der Waals surface area contributed by atoms with Gasteiger partial charge in [-0.15, -0.1) is 0 Å². The molecule has 1 fully saturated rings. The molecule has 27 heavy (non-hydrogen) atoms. The van der Waals surface area contributed by atoms with Gasteiger partial charge in [-0.2, -0.15) is 0 Å². The van der Waals surface area contributed by atoms with Crippen LogP contribution in [0.3, 0.4) is 0 Å². The second-order valence-corrected chi connectivity index (χ2v) is 6.53. The van der Waals surface area contributed by atoms with Crippen molar-refractivity contribution in [3.63, 3.8) is 0 Å². The molecule has 0 unspecified atom stereocenters. The van der Waals surface area contributed by atoms with Gasteiger partial charge in [-0.3, -0.25) is 14.9 Å². The van der Waals surface area contributed by atoms with E-state index in [0.717, 1.165) is 11.3 Å². The Morgan fingerprint density at radius 1 is 1.19 bits per heavy atom. The van der Waals surface area contributed by atoms with Crippen molar-refractivity contribution in [2.75, 3.05) is 26.3 Å². The molecular formula is C20H26N2O4S. The molecule has 6 nitrogen and oxygen atoms in total. The number of ether oxygens (including phenoxy) is 2. The third-order valence-electron chi connectivity index (χ3n) is 4.25. The average molecular weight is 391 g/mol. The summed E-state index contributed by atoms with van der Waals surface area (Å²) in [5.74, 6) is 0.289. The second-order valence-electron chi connectivity index (χ2n) is 6.14. The minimum absolute atomic E-state index is 0.0840. The van der Waals surface area contributed by atoms with E-state index in [1.807, 2.05) is 36.1 Å². The van der Waals surface area contributed by atoms with E-state index in [-0.39, 0.29) is 17.8 Å². The van der Waals surface area contributed by atoms with Crippen molar-refractivity contribution >= 4 is 35.3 Å². The topological polar surface area (TPSA) is 67.9 Å². The fourth-order valence-corrected chi connectivity index (χ4v) is 3.10. The van der Waals surface area contributed by atoms with Gasteiger partial charge < -0.3 is 14.4 Å². The van der Waals surface area contributed by atoms with E-state index in [9.17, 15) is 9.59 Å². The Bertz CT molecular complexity index is 680. The predicted octanol–water partition coefficient (Wildman–Crippen LogP) is 2.77. The van der Waals surface area contributed by atoms with Crippen LogP contribution >= 0.6 is 12.2 Å². The summed E-state index contributed by atoms with van der Waals surface area (Å²) >= 11 is 5.31. The van der Waals surface area contributed by atoms with E-state index in [4.69, 9.17) is 21.7 Å². The van der Waals surface area contributed by atoms with Crippen molar-refractivity contribution in [3.8, 4) is 5.75 Å². The number of thiocarbonyl (C=S) groups is 1. The Morgan fingerprint density at radius 3 is 2.44 bits per heavy atom. The summed E-state index contributed by atoms with van der Waals surface area (Å²) in [4.78, 5) is 25.8. The number of carbonyl (C=O) groups is 2. The summed E-state index contributed by atoms with van der Waals surface area (Å²) in [6.45, 7) is 6.01. The zero-order valence-electron chi connectivity index (χ0n) is 15.8. The van der Waals surface area contributed by atoms with Crippen molar-refractivity contribution in [2.24, 2.45) is 5.92 Å². The Labute approximate surface area is 165 Å². The smallest absolute Gasteiger partial charge is 0.309 e. The standard InChI is InChI=1S/C20H26N2O4S/c1-3-25-17-8-5-15(6-9-17)7-10-18(23)21-20(27)22-13-11-16(12-14-22)19(24)26-4-2/h5-10,16H,3-4,11-14H2,1-2H3,(H,21,23,27)/b10-7+. The van der Waals surface area contributed by atoms with Gasteiger partial charge in [0.05, 0.1) is 19.1 Å². The summed E-state index contributed by atoms with van der Waals surface area (Å²) in [6, 6.07) is 7.49. The van der Waals surface area contributed by atoms with Gasteiger partial charge in [0, 0.05) is 19.2 Å². The number of nitrogens with zero attached hydrogens (tertiary/aromatic N) is 1. The lowest BCUT2D eigenvalue weighted by Gasteiger charge is -2.32. The van der Waals surface area contributed by atoms with Gasteiger partial charge in [-0.05, 0) is 62.7 Å². The molecule has 0 atom stereocenters. The maximum absolute atomic E-state index is 12.1. The summed E-state index contributed by atoms with van der Waals surface area (Å²) in [6.07, 6.45) is 4.53. The van der Waals surface area contributed by atoms with Crippen molar-refractivity contribution < 1.29 is 19.1 Å². The lowest BCUT2D eigenvalue weighted by Crippen LogP contribution is -2.46.